The third kappa shape index (κ3) is 3.03. The number of hydrogen-bond donors (Lipinski definition) is 2. The van der Waals surface area contributed by atoms with Crippen molar-refractivity contribution in [3.05, 3.63) is 0 Å². The molecule has 0 aliphatic carbocycles. The summed E-state index contributed by atoms with van der Waals surface area (Å²) in [5.41, 5.74) is -0.383. The lowest BCUT2D eigenvalue weighted by Gasteiger charge is -2.29. The lowest BCUT2D eigenvalue weighted by Crippen LogP contribution is -2.40. The molecule has 0 heterocycles. The van der Waals surface area contributed by atoms with E-state index in [1.54, 1.807) is 6.26 Å². The van der Waals surface area contributed by atoms with Gasteiger partial charge in [0.2, 0.25) is 0 Å². The molecule has 0 spiro atoms. The molecular weight excluding hydrogens is 176 g/mol. The molecule has 2 atom stereocenters. The molecule has 72 valence electrons. The van der Waals surface area contributed by atoms with Crippen LogP contribution in [-0.4, -0.2) is 33.8 Å². The molecule has 0 aliphatic rings. The number of aliphatic carboxylic acids is 1. The molecule has 2 N–H and O–H groups in total. The molecule has 0 aromatic heterocycles. The minimum Gasteiger partial charge on any atom is -0.480 e. The van der Waals surface area contributed by atoms with Crippen molar-refractivity contribution < 1.29 is 15.0 Å². The fraction of sp³-hybridized carbons (Fsp3) is 0.875. The zero-order valence-corrected chi connectivity index (χ0v) is 8.68. The Bertz CT molecular complexity index is 162. The molecule has 0 saturated heterocycles. The Morgan fingerprint density at radius 2 is 1.83 bits per heavy atom. The Labute approximate surface area is 77.2 Å². The molecular formula is C8H16O3S. The van der Waals surface area contributed by atoms with E-state index in [1.807, 2.05) is 20.8 Å². The molecule has 0 aliphatic heterocycles. The van der Waals surface area contributed by atoms with Gasteiger partial charge in [0.05, 0.1) is 6.10 Å². The lowest BCUT2D eigenvalue weighted by molar-refractivity contribution is -0.139. The van der Waals surface area contributed by atoms with E-state index in [4.69, 9.17) is 5.11 Å². The second-order valence-corrected chi connectivity index (χ2v) is 4.78. The van der Waals surface area contributed by atoms with Gasteiger partial charge < -0.3 is 10.2 Å². The largest absolute Gasteiger partial charge is 0.480 e. The summed E-state index contributed by atoms with van der Waals surface area (Å²) < 4.78 is 0. The first-order chi connectivity index (χ1) is 5.30. The maximum atomic E-state index is 10.6. The zero-order valence-electron chi connectivity index (χ0n) is 7.87. The Morgan fingerprint density at radius 3 is 1.92 bits per heavy atom. The van der Waals surface area contributed by atoms with Crippen LogP contribution in [0.3, 0.4) is 0 Å². The molecule has 12 heavy (non-hydrogen) atoms. The van der Waals surface area contributed by atoms with E-state index >= 15 is 0 Å². The first kappa shape index (κ1) is 11.8. The monoisotopic (exact) mass is 192 g/mol. The summed E-state index contributed by atoms with van der Waals surface area (Å²) in [6.07, 6.45) is 0.873. The fourth-order valence-corrected chi connectivity index (χ4v) is 1.69. The molecule has 0 bridgehead atoms. The number of aliphatic hydroxyl groups excluding tert-OH is 1. The molecule has 0 aromatic rings. The second-order valence-electron chi connectivity index (χ2n) is 3.81. The number of aliphatic hydroxyl groups is 1. The van der Waals surface area contributed by atoms with Gasteiger partial charge in [-0.1, -0.05) is 20.8 Å². The number of hydrogen-bond acceptors (Lipinski definition) is 3. The number of carboxylic acid groups (broad SMARTS) is 1. The van der Waals surface area contributed by atoms with Gasteiger partial charge in [0.25, 0.3) is 0 Å². The fourth-order valence-electron chi connectivity index (χ4n) is 0.819. The van der Waals surface area contributed by atoms with E-state index < -0.39 is 17.3 Å². The van der Waals surface area contributed by atoms with Crippen LogP contribution in [0.5, 0.6) is 0 Å². The van der Waals surface area contributed by atoms with Gasteiger partial charge in [-0.05, 0) is 11.7 Å². The summed E-state index contributed by atoms with van der Waals surface area (Å²) >= 11 is 1.16. The summed E-state index contributed by atoms with van der Waals surface area (Å²) in [6.45, 7) is 5.47. The number of carbonyl (C=O) groups is 1. The molecule has 0 radical (unpaired) electrons. The molecule has 4 heteroatoms. The normalized spacial score (nSPS) is 17.1. The smallest absolute Gasteiger partial charge is 0.319 e. The van der Waals surface area contributed by atoms with Gasteiger partial charge >= 0.3 is 5.97 Å². The van der Waals surface area contributed by atoms with Gasteiger partial charge in [0.1, 0.15) is 5.25 Å². The minimum atomic E-state index is -0.954. The third-order valence-electron chi connectivity index (χ3n) is 1.67. The minimum absolute atomic E-state index is 0.383. The molecule has 3 nitrogen and oxygen atoms in total. The van der Waals surface area contributed by atoms with Crippen molar-refractivity contribution >= 4 is 17.7 Å². The zero-order chi connectivity index (χ0) is 9.94. The van der Waals surface area contributed by atoms with Crippen LogP contribution in [0, 0.1) is 5.41 Å². The highest BCUT2D eigenvalue weighted by atomic mass is 32.2. The van der Waals surface area contributed by atoms with Crippen molar-refractivity contribution in [1.29, 1.82) is 0 Å². The van der Waals surface area contributed by atoms with Crippen LogP contribution in [0.2, 0.25) is 0 Å². The second kappa shape index (κ2) is 4.14. The van der Waals surface area contributed by atoms with Crippen LogP contribution in [-0.2, 0) is 4.79 Å². The summed E-state index contributed by atoms with van der Waals surface area (Å²) in [5, 5.41) is 17.6. The lowest BCUT2D eigenvalue weighted by atomic mass is 9.87. The van der Waals surface area contributed by atoms with Gasteiger partial charge in [-0.2, -0.15) is 0 Å². The Morgan fingerprint density at radius 1 is 1.42 bits per heavy atom. The maximum Gasteiger partial charge on any atom is 0.319 e. The molecule has 0 saturated carbocycles. The van der Waals surface area contributed by atoms with Gasteiger partial charge in [-0.25, -0.2) is 0 Å². The van der Waals surface area contributed by atoms with Gasteiger partial charge in [0.15, 0.2) is 0 Å². The van der Waals surface area contributed by atoms with Gasteiger partial charge in [-0.3, -0.25) is 4.79 Å². The van der Waals surface area contributed by atoms with E-state index in [0.717, 1.165) is 11.8 Å². The summed E-state index contributed by atoms with van der Waals surface area (Å²) in [6, 6.07) is 0. The summed E-state index contributed by atoms with van der Waals surface area (Å²) in [4.78, 5) is 10.6. The standard InChI is InChI=1S/C8H16O3S/c1-8(2,3)6(9)5(12-4)7(10)11/h5-6,9H,1-4H3,(H,10,11)/t5-,6-/m1/s1. The van der Waals surface area contributed by atoms with Crippen molar-refractivity contribution in [3.8, 4) is 0 Å². The van der Waals surface area contributed by atoms with Crippen molar-refractivity contribution in [1.82, 2.24) is 0 Å². The van der Waals surface area contributed by atoms with Crippen LogP contribution in [0.4, 0.5) is 0 Å². The molecule has 0 rings (SSSR count). The SMILES string of the molecule is CS[C@@H](C(=O)O)[C@@H](O)C(C)(C)C. The number of rotatable bonds is 3. The van der Waals surface area contributed by atoms with Crippen LogP contribution in [0.25, 0.3) is 0 Å². The molecule has 0 aromatic carbocycles. The van der Waals surface area contributed by atoms with Crippen molar-refractivity contribution in [3.63, 3.8) is 0 Å². The Hall–Kier alpha value is -0.220. The van der Waals surface area contributed by atoms with Crippen LogP contribution < -0.4 is 0 Å². The third-order valence-corrected chi connectivity index (χ3v) is 2.64. The average molecular weight is 192 g/mol. The predicted molar refractivity (Wildman–Crippen MR) is 50.4 cm³/mol. The Balaban J connectivity index is 4.42. The van der Waals surface area contributed by atoms with Crippen LogP contribution in [0.15, 0.2) is 0 Å². The maximum absolute atomic E-state index is 10.6. The molecule has 0 unspecified atom stereocenters. The Kier molecular flexibility index (Phi) is 4.06. The summed E-state index contributed by atoms with van der Waals surface area (Å²) in [5.74, 6) is -0.954. The highest BCUT2D eigenvalue weighted by molar-refractivity contribution is 7.99. The van der Waals surface area contributed by atoms with Crippen LogP contribution in [0.1, 0.15) is 20.8 Å². The topological polar surface area (TPSA) is 57.5 Å². The van der Waals surface area contributed by atoms with Crippen molar-refractivity contribution in [2.75, 3.05) is 6.26 Å². The van der Waals surface area contributed by atoms with E-state index in [1.165, 1.54) is 0 Å². The molecule has 0 amide bonds. The number of carboxylic acids is 1. The first-order valence-electron chi connectivity index (χ1n) is 3.74. The predicted octanol–water partition coefficient (Wildman–Crippen LogP) is 1.21. The van der Waals surface area contributed by atoms with Gasteiger partial charge in [0, 0.05) is 0 Å². The average Bonchev–Trinajstić information content (AvgIpc) is 1.86. The van der Waals surface area contributed by atoms with E-state index in [2.05, 4.69) is 0 Å². The van der Waals surface area contributed by atoms with Crippen LogP contribution >= 0.6 is 11.8 Å². The highest BCUT2D eigenvalue weighted by Gasteiger charge is 2.34. The number of thioether (sulfide) groups is 1. The van der Waals surface area contributed by atoms with E-state index in [-0.39, 0.29) is 5.41 Å². The highest BCUT2D eigenvalue weighted by Crippen LogP contribution is 2.27. The van der Waals surface area contributed by atoms with Crippen molar-refractivity contribution in [2.45, 2.75) is 32.1 Å². The quantitative estimate of drug-likeness (QED) is 0.705. The first-order valence-corrected chi connectivity index (χ1v) is 5.03. The van der Waals surface area contributed by atoms with Gasteiger partial charge in [-0.15, -0.1) is 11.8 Å². The molecule has 0 fully saturated rings. The van der Waals surface area contributed by atoms with Crippen molar-refractivity contribution in [2.24, 2.45) is 5.41 Å². The van der Waals surface area contributed by atoms with E-state index in [9.17, 15) is 9.90 Å². The summed E-state index contributed by atoms with van der Waals surface area (Å²) in [7, 11) is 0. The van der Waals surface area contributed by atoms with E-state index in [0.29, 0.717) is 0 Å².